The van der Waals surface area contributed by atoms with Crippen LogP contribution in [0, 0.1) is 20.8 Å². The van der Waals surface area contributed by atoms with E-state index in [1.165, 1.54) is 38.9 Å². The Kier molecular flexibility index (Phi) is 5.04. The van der Waals surface area contributed by atoms with Crippen LogP contribution in [-0.4, -0.2) is 0 Å². The highest BCUT2D eigenvalue weighted by Crippen LogP contribution is 2.38. The van der Waals surface area contributed by atoms with E-state index in [0.717, 1.165) is 0 Å². The quantitative estimate of drug-likeness (QED) is 0.461. The number of benzene rings is 3. The molecule has 0 fully saturated rings. The molecule has 3 aromatic carbocycles. The van der Waals surface area contributed by atoms with Crippen LogP contribution in [0.3, 0.4) is 0 Å². The minimum absolute atomic E-state index is 0.0283. The maximum Gasteiger partial charge on any atom is 0.0149 e. The minimum Gasteiger partial charge on any atom is -0.0590 e. The van der Waals surface area contributed by atoms with Crippen LogP contribution in [0.2, 0.25) is 0 Å². The Balaban J connectivity index is 2.08. The van der Waals surface area contributed by atoms with Crippen LogP contribution in [-0.2, 0) is 10.8 Å². The van der Waals surface area contributed by atoms with Gasteiger partial charge in [-0.1, -0.05) is 106 Å². The molecule has 0 aliphatic heterocycles. The molecule has 27 heavy (non-hydrogen) atoms. The molecule has 0 N–H and O–H groups in total. The van der Waals surface area contributed by atoms with Gasteiger partial charge in [0, 0.05) is 10.8 Å². The van der Waals surface area contributed by atoms with Crippen LogP contribution in [0.25, 0.3) is 0 Å². The Bertz CT molecular complexity index is 923. The predicted octanol–water partition coefficient (Wildman–Crippen LogP) is 7.26. The van der Waals surface area contributed by atoms with Gasteiger partial charge in [-0.2, -0.15) is 0 Å². The van der Waals surface area contributed by atoms with Crippen molar-refractivity contribution in [3.05, 3.63) is 106 Å². The first-order valence-electron chi connectivity index (χ1n) is 9.88. The molecule has 0 unspecified atom stereocenters. The molecule has 0 heteroatoms. The largest absolute Gasteiger partial charge is 0.0590 e. The van der Waals surface area contributed by atoms with Crippen molar-refractivity contribution < 1.29 is 0 Å². The Labute approximate surface area is 165 Å². The third-order valence-corrected chi connectivity index (χ3v) is 6.18. The van der Waals surface area contributed by atoms with Gasteiger partial charge in [0.05, 0.1) is 0 Å². The molecule has 0 nitrogen and oxygen atoms in total. The highest BCUT2D eigenvalue weighted by atomic mass is 14.3. The topological polar surface area (TPSA) is 0 Å². The summed E-state index contributed by atoms with van der Waals surface area (Å²) in [7, 11) is 0. The second kappa shape index (κ2) is 7.00. The first-order valence-corrected chi connectivity index (χ1v) is 9.88. The Hall–Kier alpha value is -2.34. The van der Waals surface area contributed by atoms with Gasteiger partial charge < -0.3 is 0 Å². The summed E-state index contributed by atoms with van der Waals surface area (Å²) in [6.45, 7) is 15.8. The summed E-state index contributed by atoms with van der Waals surface area (Å²) < 4.78 is 0. The van der Waals surface area contributed by atoms with E-state index in [0.29, 0.717) is 0 Å². The van der Waals surface area contributed by atoms with E-state index in [9.17, 15) is 0 Å². The molecule has 0 radical (unpaired) electrons. The molecule has 0 saturated heterocycles. The maximum atomic E-state index is 2.43. The molecule has 3 rings (SSSR count). The predicted molar refractivity (Wildman–Crippen MR) is 118 cm³/mol. The second-order valence-corrected chi connectivity index (χ2v) is 9.01. The molecule has 3 aromatic rings. The fraction of sp³-hybridized carbons (Fsp3) is 0.333. The van der Waals surface area contributed by atoms with E-state index in [-0.39, 0.29) is 10.8 Å². The number of hydrogen-bond donors (Lipinski definition) is 0. The van der Waals surface area contributed by atoms with Crippen molar-refractivity contribution in [2.24, 2.45) is 0 Å². The summed E-state index contributed by atoms with van der Waals surface area (Å²) in [5.74, 6) is 0. The van der Waals surface area contributed by atoms with Crippen molar-refractivity contribution in [2.75, 3.05) is 0 Å². The minimum atomic E-state index is -0.0306. The van der Waals surface area contributed by atoms with E-state index >= 15 is 0 Å². The van der Waals surface area contributed by atoms with E-state index in [1.807, 2.05) is 0 Å². The summed E-state index contributed by atoms with van der Waals surface area (Å²) in [4.78, 5) is 0. The summed E-state index contributed by atoms with van der Waals surface area (Å²) in [5, 5.41) is 0. The van der Waals surface area contributed by atoms with Crippen molar-refractivity contribution in [3.63, 3.8) is 0 Å². The average Bonchev–Trinajstić information content (AvgIpc) is 2.62. The van der Waals surface area contributed by atoms with E-state index in [2.05, 4.69) is 115 Å². The van der Waals surface area contributed by atoms with E-state index < -0.39 is 0 Å². The van der Waals surface area contributed by atoms with E-state index in [1.54, 1.807) is 0 Å². The van der Waals surface area contributed by atoms with Gasteiger partial charge in [-0.15, -0.1) is 0 Å². The number of hydrogen-bond acceptors (Lipinski definition) is 0. The van der Waals surface area contributed by atoms with E-state index in [4.69, 9.17) is 0 Å². The number of rotatable bonds is 4. The Morgan fingerprint density at radius 1 is 0.481 bits per heavy atom. The maximum absolute atomic E-state index is 2.43. The third-order valence-electron chi connectivity index (χ3n) is 6.18. The lowest BCUT2D eigenvalue weighted by molar-refractivity contribution is 0.614. The van der Waals surface area contributed by atoms with Gasteiger partial charge in [0.1, 0.15) is 0 Å². The number of aryl methyl sites for hydroxylation is 3. The summed E-state index contributed by atoms with van der Waals surface area (Å²) in [6, 6.07) is 24.9. The lowest BCUT2D eigenvalue weighted by atomic mass is 9.72. The highest BCUT2D eigenvalue weighted by Gasteiger charge is 2.29. The molecule has 140 valence electrons. The van der Waals surface area contributed by atoms with Crippen LogP contribution < -0.4 is 0 Å². The zero-order valence-corrected chi connectivity index (χ0v) is 17.9. The van der Waals surface area contributed by atoms with Crippen molar-refractivity contribution in [3.8, 4) is 0 Å². The van der Waals surface area contributed by atoms with Crippen LogP contribution in [0.1, 0.15) is 66.6 Å². The zero-order chi connectivity index (χ0) is 19.8. The average molecular weight is 357 g/mol. The van der Waals surface area contributed by atoms with Crippen LogP contribution in [0.4, 0.5) is 0 Å². The van der Waals surface area contributed by atoms with Gasteiger partial charge in [0.15, 0.2) is 0 Å². The molecule has 0 heterocycles. The van der Waals surface area contributed by atoms with Gasteiger partial charge in [-0.05, 0) is 48.6 Å². The standard InChI is InChI=1S/C27H32/c1-19-8-13-22(14-9-19)26(4,5)24-17-12-21(3)25(18-24)27(6,7)23-15-10-20(2)11-16-23/h8-18H,1-7H3. The van der Waals surface area contributed by atoms with Gasteiger partial charge in [0.2, 0.25) is 0 Å². The van der Waals surface area contributed by atoms with Crippen molar-refractivity contribution in [1.82, 2.24) is 0 Å². The van der Waals surface area contributed by atoms with Crippen LogP contribution >= 0.6 is 0 Å². The second-order valence-electron chi connectivity index (χ2n) is 9.01. The Morgan fingerprint density at radius 3 is 1.37 bits per heavy atom. The van der Waals surface area contributed by atoms with Crippen molar-refractivity contribution in [1.29, 1.82) is 0 Å². The first-order chi connectivity index (χ1) is 12.6. The molecule has 0 bridgehead atoms. The summed E-state index contributed by atoms with van der Waals surface area (Å²) in [6.07, 6.45) is 0. The monoisotopic (exact) mass is 356 g/mol. The molecular formula is C27H32. The molecule has 0 spiro atoms. The molecule has 0 amide bonds. The molecule has 0 aliphatic carbocycles. The van der Waals surface area contributed by atoms with Crippen molar-refractivity contribution in [2.45, 2.75) is 59.3 Å². The first kappa shape index (κ1) is 19.4. The molecule has 0 saturated carbocycles. The lowest BCUT2D eigenvalue weighted by Gasteiger charge is -2.32. The van der Waals surface area contributed by atoms with Crippen molar-refractivity contribution >= 4 is 0 Å². The third kappa shape index (κ3) is 3.72. The fourth-order valence-corrected chi connectivity index (χ4v) is 3.95. The molecule has 0 aromatic heterocycles. The molecular weight excluding hydrogens is 324 g/mol. The van der Waals surface area contributed by atoms with Gasteiger partial charge in [-0.3, -0.25) is 0 Å². The highest BCUT2D eigenvalue weighted by molar-refractivity contribution is 5.48. The summed E-state index contributed by atoms with van der Waals surface area (Å²) >= 11 is 0. The SMILES string of the molecule is Cc1ccc(C(C)(C)c2ccc(C)c(C(C)(C)c3ccc(C)cc3)c2)cc1. The summed E-state index contributed by atoms with van der Waals surface area (Å²) in [5.41, 5.74) is 9.40. The molecule has 0 atom stereocenters. The molecule has 0 aliphatic rings. The fourth-order valence-electron chi connectivity index (χ4n) is 3.95. The Morgan fingerprint density at radius 2 is 0.889 bits per heavy atom. The van der Waals surface area contributed by atoms with Crippen LogP contribution in [0.15, 0.2) is 66.7 Å². The normalized spacial score (nSPS) is 12.3. The smallest absolute Gasteiger partial charge is 0.0149 e. The van der Waals surface area contributed by atoms with Gasteiger partial charge in [0.25, 0.3) is 0 Å². The lowest BCUT2D eigenvalue weighted by Crippen LogP contribution is -2.24. The zero-order valence-electron chi connectivity index (χ0n) is 17.9. The van der Waals surface area contributed by atoms with Gasteiger partial charge in [-0.25, -0.2) is 0 Å². The van der Waals surface area contributed by atoms with Gasteiger partial charge >= 0.3 is 0 Å². The van der Waals surface area contributed by atoms with Crippen LogP contribution in [0.5, 0.6) is 0 Å².